The molecule has 0 aliphatic carbocycles. The lowest BCUT2D eigenvalue weighted by molar-refractivity contribution is -0.133. The van der Waals surface area contributed by atoms with Gasteiger partial charge in [0.2, 0.25) is 5.82 Å². The van der Waals surface area contributed by atoms with Crippen LogP contribution in [0.3, 0.4) is 0 Å². The van der Waals surface area contributed by atoms with Crippen molar-refractivity contribution in [3.05, 3.63) is 10.4 Å². The number of hydrogen-bond donors (Lipinski definition) is 1. The van der Waals surface area contributed by atoms with Crippen molar-refractivity contribution < 1.29 is 9.90 Å². The Labute approximate surface area is 106 Å². The molecule has 0 spiro atoms. The third-order valence-electron chi connectivity index (χ3n) is 1.90. The molecule has 0 radical (unpaired) electrons. The zero-order valence-electron chi connectivity index (χ0n) is 9.25. The van der Waals surface area contributed by atoms with E-state index in [1.165, 1.54) is 11.3 Å². The highest BCUT2D eigenvalue weighted by Crippen LogP contribution is 2.22. The molecule has 8 heteroatoms. The number of thiazole rings is 1. The van der Waals surface area contributed by atoms with Crippen LogP contribution in [0.15, 0.2) is 10.5 Å². The lowest BCUT2D eigenvalue weighted by Gasteiger charge is -1.94. The second-order valence-corrected chi connectivity index (χ2v) is 5.28. The minimum absolute atomic E-state index is 0.0257. The van der Waals surface area contributed by atoms with Gasteiger partial charge in [-0.1, -0.05) is 11.8 Å². The number of thioether (sulfide) groups is 1. The quantitative estimate of drug-likeness (QED) is 0.846. The standard InChI is InChI=1S/C9H10N4O2S2/c1-5-10-6(3-16-5)8-11-9(13(2)12-8)17-4-7(14)15/h3H,4H2,1-2H3,(H,14,15). The molecule has 90 valence electrons. The summed E-state index contributed by atoms with van der Waals surface area (Å²) in [5.74, 6) is -0.365. The first kappa shape index (κ1) is 12.1. The van der Waals surface area contributed by atoms with E-state index in [0.717, 1.165) is 22.5 Å². The molecule has 17 heavy (non-hydrogen) atoms. The minimum Gasteiger partial charge on any atom is -0.481 e. The van der Waals surface area contributed by atoms with Gasteiger partial charge < -0.3 is 5.11 Å². The maximum atomic E-state index is 10.5. The summed E-state index contributed by atoms with van der Waals surface area (Å²) < 4.78 is 1.57. The molecule has 0 saturated carbocycles. The Morgan fingerprint density at radius 1 is 1.59 bits per heavy atom. The molecule has 0 aromatic carbocycles. The topological polar surface area (TPSA) is 80.9 Å². The summed E-state index contributed by atoms with van der Waals surface area (Å²) in [4.78, 5) is 19.0. The molecular weight excluding hydrogens is 260 g/mol. The molecule has 0 unspecified atom stereocenters. The summed E-state index contributed by atoms with van der Waals surface area (Å²) in [6.45, 7) is 1.91. The fourth-order valence-corrected chi connectivity index (χ4v) is 2.42. The average molecular weight is 270 g/mol. The highest BCUT2D eigenvalue weighted by Gasteiger charge is 2.13. The summed E-state index contributed by atoms with van der Waals surface area (Å²) in [5, 5.41) is 16.2. The molecule has 0 saturated heterocycles. The van der Waals surface area contributed by atoms with Crippen LogP contribution in [0.5, 0.6) is 0 Å². The lowest BCUT2D eigenvalue weighted by atomic mass is 10.5. The van der Waals surface area contributed by atoms with Crippen LogP contribution in [0.2, 0.25) is 0 Å². The molecule has 6 nitrogen and oxygen atoms in total. The molecule has 0 atom stereocenters. The van der Waals surface area contributed by atoms with Crippen LogP contribution >= 0.6 is 23.1 Å². The summed E-state index contributed by atoms with van der Waals surface area (Å²) in [6, 6.07) is 0. The van der Waals surface area contributed by atoms with Gasteiger partial charge in [0.25, 0.3) is 0 Å². The highest BCUT2D eigenvalue weighted by molar-refractivity contribution is 7.99. The number of hydrogen-bond acceptors (Lipinski definition) is 6. The van der Waals surface area contributed by atoms with Gasteiger partial charge in [0.15, 0.2) is 5.16 Å². The number of nitrogens with zero attached hydrogens (tertiary/aromatic N) is 4. The molecule has 2 aromatic heterocycles. The Morgan fingerprint density at radius 2 is 2.35 bits per heavy atom. The van der Waals surface area contributed by atoms with Gasteiger partial charge in [-0.3, -0.25) is 4.79 Å². The number of rotatable bonds is 4. The lowest BCUT2D eigenvalue weighted by Crippen LogP contribution is -2.00. The van der Waals surface area contributed by atoms with Gasteiger partial charge in [-0.15, -0.1) is 16.4 Å². The third kappa shape index (κ3) is 2.83. The molecule has 0 amide bonds. The fourth-order valence-electron chi connectivity index (χ4n) is 1.20. The van der Waals surface area contributed by atoms with E-state index in [2.05, 4.69) is 15.1 Å². The first-order valence-corrected chi connectivity index (χ1v) is 6.61. The highest BCUT2D eigenvalue weighted by atomic mass is 32.2. The van der Waals surface area contributed by atoms with Crippen molar-refractivity contribution in [2.45, 2.75) is 12.1 Å². The zero-order valence-corrected chi connectivity index (χ0v) is 10.9. The number of carboxylic acids is 1. The van der Waals surface area contributed by atoms with E-state index in [1.807, 2.05) is 12.3 Å². The van der Waals surface area contributed by atoms with Crippen LogP contribution in [0.1, 0.15) is 5.01 Å². The number of aromatic nitrogens is 4. The van der Waals surface area contributed by atoms with Crippen molar-refractivity contribution in [3.8, 4) is 11.5 Å². The maximum absolute atomic E-state index is 10.5. The van der Waals surface area contributed by atoms with E-state index in [-0.39, 0.29) is 5.75 Å². The van der Waals surface area contributed by atoms with Gasteiger partial charge in [-0.2, -0.15) is 4.98 Å². The predicted molar refractivity (Wildman–Crippen MR) is 65.2 cm³/mol. The van der Waals surface area contributed by atoms with Crippen LogP contribution in [0.4, 0.5) is 0 Å². The van der Waals surface area contributed by atoms with Crippen LogP contribution in [-0.4, -0.2) is 36.6 Å². The summed E-state index contributed by atoms with van der Waals surface area (Å²) >= 11 is 2.67. The van der Waals surface area contributed by atoms with Gasteiger partial charge >= 0.3 is 5.97 Å². The van der Waals surface area contributed by atoms with Crippen molar-refractivity contribution in [1.29, 1.82) is 0 Å². The number of carboxylic acid groups (broad SMARTS) is 1. The predicted octanol–water partition coefficient (Wildman–Crippen LogP) is 1.42. The summed E-state index contributed by atoms with van der Waals surface area (Å²) in [5.41, 5.74) is 0.727. The van der Waals surface area contributed by atoms with E-state index in [1.54, 1.807) is 11.7 Å². The first-order chi connectivity index (χ1) is 8.06. The van der Waals surface area contributed by atoms with Crippen LogP contribution in [-0.2, 0) is 11.8 Å². The summed E-state index contributed by atoms with van der Waals surface area (Å²) in [6.07, 6.45) is 0. The molecule has 2 aromatic rings. The van der Waals surface area contributed by atoms with Gasteiger partial charge in [0.05, 0.1) is 10.8 Å². The molecule has 0 aliphatic rings. The van der Waals surface area contributed by atoms with E-state index in [4.69, 9.17) is 5.11 Å². The van der Waals surface area contributed by atoms with Crippen molar-refractivity contribution in [2.75, 3.05) is 5.75 Å². The van der Waals surface area contributed by atoms with Gasteiger partial charge in [-0.05, 0) is 6.92 Å². The monoisotopic (exact) mass is 270 g/mol. The van der Waals surface area contributed by atoms with Gasteiger partial charge in [-0.25, -0.2) is 9.67 Å². The van der Waals surface area contributed by atoms with Crippen molar-refractivity contribution in [1.82, 2.24) is 19.7 Å². The van der Waals surface area contributed by atoms with Gasteiger partial charge in [0.1, 0.15) is 5.69 Å². The Balaban J connectivity index is 2.21. The number of aryl methyl sites for hydroxylation is 2. The molecule has 1 N–H and O–H groups in total. The van der Waals surface area contributed by atoms with Crippen LogP contribution in [0, 0.1) is 6.92 Å². The third-order valence-corrected chi connectivity index (χ3v) is 3.67. The normalized spacial score (nSPS) is 10.7. The van der Waals surface area contributed by atoms with Crippen LogP contribution in [0.25, 0.3) is 11.5 Å². The molecular formula is C9H10N4O2S2. The Kier molecular flexibility index (Phi) is 3.43. The average Bonchev–Trinajstić information content (AvgIpc) is 2.82. The van der Waals surface area contributed by atoms with E-state index >= 15 is 0 Å². The largest absolute Gasteiger partial charge is 0.481 e. The second-order valence-electron chi connectivity index (χ2n) is 3.28. The number of aliphatic carboxylic acids is 1. The van der Waals surface area contributed by atoms with Crippen molar-refractivity contribution >= 4 is 29.1 Å². The molecule has 0 aliphatic heterocycles. The molecule has 0 bridgehead atoms. The number of carbonyl (C=O) groups is 1. The SMILES string of the molecule is Cc1nc(-c2nc(SCC(=O)O)n(C)n2)cs1. The fraction of sp³-hybridized carbons (Fsp3) is 0.333. The van der Waals surface area contributed by atoms with Crippen molar-refractivity contribution in [3.63, 3.8) is 0 Å². The zero-order chi connectivity index (χ0) is 12.4. The smallest absolute Gasteiger partial charge is 0.313 e. The van der Waals surface area contributed by atoms with Crippen molar-refractivity contribution in [2.24, 2.45) is 7.05 Å². The van der Waals surface area contributed by atoms with E-state index in [0.29, 0.717) is 11.0 Å². The minimum atomic E-state index is -0.871. The molecule has 2 heterocycles. The Hall–Kier alpha value is -1.41. The van der Waals surface area contributed by atoms with E-state index in [9.17, 15) is 4.79 Å². The molecule has 0 fully saturated rings. The molecule has 2 rings (SSSR count). The summed E-state index contributed by atoms with van der Waals surface area (Å²) in [7, 11) is 1.74. The first-order valence-electron chi connectivity index (χ1n) is 4.74. The second kappa shape index (κ2) is 4.84. The van der Waals surface area contributed by atoms with E-state index < -0.39 is 5.97 Å². The van der Waals surface area contributed by atoms with Gasteiger partial charge in [0, 0.05) is 12.4 Å². The Morgan fingerprint density at radius 3 is 2.94 bits per heavy atom. The van der Waals surface area contributed by atoms with Crippen LogP contribution < -0.4 is 0 Å². The maximum Gasteiger partial charge on any atom is 0.313 e. The Bertz CT molecular complexity index is 549.